The third-order valence-corrected chi connectivity index (χ3v) is 2.29. The number of rotatable bonds is 6. The molecule has 0 aliphatic carbocycles. The Morgan fingerprint density at radius 3 is 2.47 bits per heavy atom. The van der Waals surface area contributed by atoms with Crippen molar-refractivity contribution in [1.82, 2.24) is 5.32 Å². The van der Waals surface area contributed by atoms with Crippen molar-refractivity contribution in [3.05, 3.63) is 35.9 Å². The second-order valence-electron chi connectivity index (χ2n) is 5.29. The Morgan fingerprint density at radius 2 is 1.88 bits per heavy atom. The molecule has 0 spiro atoms. The van der Waals surface area contributed by atoms with Crippen molar-refractivity contribution in [3.8, 4) is 0 Å². The maximum Gasteiger partial charge on any atom is 0.0898 e. The van der Waals surface area contributed by atoms with Crippen molar-refractivity contribution < 1.29 is 9.84 Å². The highest BCUT2D eigenvalue weighted by molar-refractivity contribution is 5.13. The number of ether oxygens (including phenoxy) is 1. The van der Waals surface area contributed by atoms with Crippen LogP contribution in [0.3, 0.4) is 0 Å². The maximum absolute atomic E-state index is 9.70. The van der Waals surface area contributed by atoms with Crippen molar-refractivity contribution in [2.75, 3.05) is 13.2 Å². The van der Waals surface area contributed by atoms with Crippen LogP contribution in [0.25, 0.3) is 0 Å². The van der Waals surface area contributed by atoms with Gasteiger partial charge in [-0.2, -0.15) is 0 Å². The predicted molar refractivity (Wildman–Crippen MR) is 69.9 cm³/mol. The van der Waals surface area contributed by atoms with Crippen LogP contribution in [-0.4, -0.2) is 29.9 Å². The molecule has 0 saturated heterocycles. The summed E-state index contributed by atoms with van der Waals surface area (Å²) in [5, 5.41) is 12.9. The predicted octanol–water partition coefficient (Wildman–Crippen LogP) is 1.95. The molecular weight excluding hydrogens is 214 g/mol. The van der Waals surface area contributed by atoms with Crippen molar-refractivity contribution in [2.24, 2.45) is 0 Å². The molecule has 3 nitrogen and oxygen atoms in total. The van der Waals surface area contributed by atoms with Crippen LogP contribution in [0.15, 0.2) is 30.3 Å². The van der Waals surface area contributed by atoms with E-state index < -0.39 is 6.10 Å². The standard InChI is InChI=1S/C14H23NO2/c1-14(2,3)15-9-13(16)11-17-10-12-7-5-4-6-8-12/h4-8,13,15-16H,9-11H2,1-3H3/t13-/m1/s1. The normalized spacial score (nSPS) is 13.6. The molecule has 1 rings (SSSR count). The lowest BCUT2D eigenvalue weighted by atomic mass is 10.1. The van der Waals surface area contributed by atoms with E-state index in [0.29, 0.717) is 19.8 Å². The molecule has 1 aromatic rings. The second-order valence-corrected chi connectivity index (χ2v) is 5.29. The summed E-state index contributed by atoms with van der Waals surface area (Å²) in [5.41, 5.74) is 1.16. The van der Waals surface area contributed by atoms with Gasteiger partial charge in [0.25, 0.3) is 0 Å². The number of β-amino-alcohol motifs (C(OH)–C–C–N with tert-alkyl or cyclic N) is 1. The van der Waals surface area contributed by atoms with Gasteiger partial charge >= 0.3 is 0 Å². The van der Waals surface area contributed by atoms with Gasteiger partial charge in [0.2, 0.25) is 0 Å². The molecule has 0 bridgehead atoms. The summed E-state index contributed by atoms with van der Waals surface area (Å²) in [7, 11) is 0. The Bertz CT molecular complexity index is 306. The highest BCUT2D eigenvalue weighted by Crippen LogP contribution is 2.02. The lowest BCUT2D eigenvalue weighted by molar-refractivity contribution is 0.0262. The summed E-state index contributed by atoms with van der Waals surface area (Å²) >= 11 is 0. The number of aliphatic hydroxyl groups excluding tert-OH is 1. The molecule has 0 heterocycles. The first kappa shape index (κ1) is 14.2. The lowest BCUT2D eigenvalue weighted by Gasteiger charge is -2.22. The van der Waals surface area contributed by atoms with Crippen molar-refractivity contribution in [3.63, 3.8) is 0 Å². The number of nitrogens with one attached hydrogen (secondary N) is 1. The van der Waals surface area contributed by atoms with Crippen molar-refractivity contribution in [1.29, 1.82) is 0 Å². The van der Waals surface area contributed by atoms with E-state index in [1.54, 1.807) is 0 Å². The van der Waals surface area contributed by atoms with Gasteiger partial charge in [-0.1, -0.05) is 30.3 Å². The Kier molecular flexibility index (Phi) is 5.62. The Morgan fingerprint density at radius 1 is 1.24 bits per heavy atom. The fourth-order valence-corrected chi connectivity index (χ4v) is 1.37. The average molecular weight is 237 g/mol. The van der Waals surface area contributed by atoms with E-state index >= 15 is 0 Å². The van der Waals surface area contributed by atoms with Gasteiger partial charge in [-0.05, 0) is 26.3 Å². The van der Waals surface area contributed by atoms with E-state index in [2.05, 4.69) is 26.1 Å². The van der Waals surface area contributed by atoms with Gasteiger partial charge in [-0.15, -0.1) is 0 Å². The summed E-state index contributed by atoms with van der Waals surface area (Å²) in [6.45, 7) is 7.68. The van der Waals surface area contributed by atoms with Crippen LogP contribution in [-0.2, 0) is 11.3 Å². The molecule has 0 unspecified atom stereocenters. The molecule has 0 saturated carbocycles. The largest absolute Gasteiger partial charge is 0.389 e. The van der Waals surface area contributed by atoms with Crippen LogP contribution in [0.1, 0.15) is 26.3 Å². The summed E-state index contributed by atoms with van der Waals surface area (Å²) in [5.74, 6) is 0. The first-order valence-corrected chi connectivity index (χ1v) is 6.02. The summed E-state index contributed by atoms with van der Waals surface area (Å²) in [4.78, 5) is 0. The van der Waals surface area contributed by atoms with E-state index in [9.17, 15) is 5.11 Å². The Labute approximate surface area is 104 Å². The fraction of sp³-hybridized carbons (Fsp3) is 0.571. The summed E-state index contributed by atoms with van der Waals surface area (Å²) in [6.07, 6.45) is -0.460. The zero-order chi connectivity index (χ0) is 12.7. The van der Waals surface area contributed by atoms with E-state index in [1.165, 1.54) is 0 Å². The molecule has 3 heteroatoms. The average Bonchev–Trinajstić information content (AvgIpc) is 2.27. The van der Waals surface area contributed by atoms with Gasteiger partial charge in [0.15, 0.2) is 0 Å². The minimum Gasteiger partial charge on any atom is -0.389 e. The molecule has 0 fully saturated rings. The highest BCUT2D eigenvalue weighted by atomic mass is 16.5. The quantitative estimate of drug-likeness (QED) is 0.794. The monoisotopic (exact) mass is 237 g/mol. The molecule has 17 heavy (non-hydrogen) atoms. The zero-order valence-electron chi connectivity index (χ0n) is 10.9. The summed E-state index contributed by atoms with van der Waals surface area (Å²) in [6, 6.07) is 9.97. The molecule has 1 aromatic carbocycles. The van der Waals surface area contributed by atoms with Gasteiger partial charge < -0.3 is 15.2 Å². The molecule has 96 valence electrons. The van der Waals surface area contributed by atoms with Gasteiger partial charge in [0.1, 0.15) is 0 Å². The van der Waals surface area contributed by atoms with Crippen LogP contribution in [0.5, 0.6) is 0 Å². The van der Waals surface area contributed by atoms with Gasteiger partial charge in [-0.3, -0.25) is 0 Å². The SMILES string of the molecule is CC(C)(C)NC[C@@H](O)COCc1ccccc1. The van der Waals surface area contributed by atoms with Crippen LogP contribution < -0.4 is 5.32 Å². The molecule has 0 aromatic heterocycles. The van der Waals surface area contributed by atoms with E-state index in [4.69, 9.17) is 4.74 Å². The van der Waals surface area contributed by atoms with E-state index in [-0.39, 0.29) is 5.54 Å². The minimum atomic E-state index is -0.460. The first-order chi connectivity index (χ1) is 7.97. The topological polar surface area (TPSA) is 41.5 Å². The number of hydrogen-bond donors (Lipinski definition) is 2. The molecule has 2 N–H and O–H groups in total. The number of hydrogen-bond acceptors (Lipinski definition) is 3. The van der Waals surface area contributed by atoms with Crippen LogP contribution in [0.4, 0.5) is 0 Å². The van der Waals surface area contributed by atoms with E-state index in [0.717, 1.165) is 5.56 Å². The maximum atomic E-state index is 9.70. The minimum absolute atomic E-state index is 0.0282. The molecule has 0 amide bonds. The second kappa shape index (κ2) is 6.74. The number of aliphatic hydroxyl groups is 1. The molecule has 0 radical (unpaired) electrons. The van der Waals surface area contributed by atoms with Crippen LogP contribution in [0.2, 0.25) is 0 Å². The van der Waals surface area contributed by atoms with Crippen LogP contribution >= 0.6 is 0 Å². The zero-order valence-corrected chi connectivity index (χ0v) is 10.9. The smallest absolute Gasteiger partial charge is 0.0898 e. The van der Waals surface area contributed by atoms with Crippen LogP contribution in [0, 0.1) is 0 Å². The summed E-state index contributed by atoms with van der Waals surface area (Å²) < 4.78 is 5.46. The molecule has 1 atom stereocenters. The molecule has 0 aliphatic heterocycles. The van der Waals surface area contributed by atoms with Crippen molar-refractivity contribution in [2.45, 2.75) is 39.0 Å². The molecule has 0 aliphatic rings. The van der Waals surface area contributed by atoms with Gasteiger partial charge in [0, 0.05) is 12.1 Å². The van der Waals surface area contributed by atoms with E-state index in [1.807, 2.05) is 30.3 Å². The third kappa shape index (κ3) is 7.10. The van der Waals surface area contributed by atoms with Crippen molar-refractivity contribution >= 4 is 0 Å². The third-order valence-electron chi connectivity index (χ3n) is 2.29. The molecular formula is C14H23NO2. The fourth-order valence-electron chi connectivity index (χ4n) is 1.37. The Balaban J connectivity index is 2.14. The first-order valence-electron chi connectivity index (χ1n) is 6.02. The Hall–Kier alpha value is -0.900. The number of benzene rings is 1. The van der Waals surface area contributed by atoms with Gasteiger partial charge in [-0.25, -0.2) is 0 Å². The van der Waals surface area contributed by atoms with Gasteiger partial charge in [0.05, 0.1) is 19.3 Å². The lowest BCUT2D eigenvalue weighted by Crippen LogP contribution is -2.42. The highest BCUT2D eigenvalue weighted by Gasteiger charge is 2.11.